The van der Waals surface area contributed by atoms with Crippen LogP contribution in [0.25, 0.3) is 0 Å². The summed E-state index contributed by atoms with van der Waals surface area (Å²) in [6.45, 7) is 0.523. The van der Waals surface area contributed by atoms with Gasteiger partial charge in [-0.15, -0.1) is 0 Å². The van der Waals surface area contributed by atoms with Gasteiger partial charge in [0.25, 0.3) is 0 Å². The largest absolute Gasteiger partial charge is 0.490 e. The lowest BCUT2D eigenvalue weighted by Crippen LogP contribution is -2.21. The van der Waals surface area contributed by atoms with E-state index in [0.717, 1.165) is 12.8 Å². The molecule has 0 aliphatic heterocycles. The van der Waals surface area contributed by atoms with Gasteiger partial charge < -0.3 is 10.8 Å². The van der Waals surface area contributed by atoms with E-state index in [2.05, 4.69) is 0 Å². The number of carboxylic acids is 1. The highest BCUT2D eigenvalue weighted by Gasteiger charge is 2.38. The summed E-state index contributed by atoms with van der Waals surface area (Å²) in [5.41, 5.74) is 5.17. The third kappa shape index (κ3) is 6.89. The Morgan fingerprint density at radius 2 is 1.73 bits per heavy atom. The molecule has 0 unspecified atom stereocenters. The predicted octanol–water partition coefficient (Wildman–Crippen LogP) is 0.948. The number of ketones is 1. The van der Waals surface area contributed by atoms with Gasteiger partial charge in [0.2, 0.25) is 0 Å². The Morgan fingerprint density at radius 3 is 1.93 bits per heavy atom. The number of aliphatic carboxylic acids is 1. The molecule has 0 radical (unpaired) electrons. The van der Waals surface area contributed by atoms with Gasteiger partial charge in [-0.2, -0.15) is 13.2 Å². The van der Waals surface area contributed by atoms with Crippen LogP contribution in [0.4, 0.5) is 13.2 Å². The Labute approximate surface area is 84.2 Å². The highest BCUT2D eigenvalue weighted by atomic mass is 19.4. The van der Waals surface area contributed by atoms with E-state index in [9.17, 15) is 18.0 Å². The monoisotopic (exact) mass is 227 g/mol. The normalized spacial score (nSPS) is 15.2. The number of carbonyl (C=O) groups excluding carboxylic acids is 1. The van der Waals surface area contributed by atoms with Crippen molar-refractivity contribution in [2.45, 2.75) is 25.4 Å². The summed E-state index contributed by atoms with van der Waals surface area (Å²) in [5, 5.41) is 7.12. The molecular formula is C8H12F3NO3. The fraction of sp³-hybridized carbons (Fsp3) is 0.750. The van der Waals surface area contributed by atoms with Crippen LogP contribution in [-0.4, -0.2) is 29.6 Å². The second-order valence-corrected chi connectivity index (χ2v) is 3.08. The van der Waals surface area contributed by atoms with Gasteiger partial charge in [0.1, 0.15) is 5.78 Å². The molecule has 0 heterocycles. The summed E-state index contributed by atoms with van der Waals surface area (Å²) in [6.07, 6.45) is -2.28. The van der Waals surface area contributed by atoms with Gasteiger partial charge >= 0.3 is 12.1 Å². The maximum absolute atomic E-state index is 10.7. The highest BCUT2D eigenvalue weighted by Crippen LogP contribution is 2.30. The maximum Gasteiger partial charge on any atom is 0.490 e. The summed E-state index contributed by atoms with van der Waals surface area (Å²) in [6, 6.07) is 0. The van der Waals surface area contributed by atoms with Crippen LogP contribution in [0.2, 0.25) is 0 Å². The quantitative estimate of drug-likeness (QED) is 0.752. The van der Waals surface area contributed by atoms with Gasteiger partial charge in [-0.1, -0.05) is 0 Å². The van der Waals surface area contributed by atoms with Crippen molar-refractivity contribution >= 4 is 11.8 Å². The van der Waals surface area contributed by atoms with Crippen molar-refractivity contribution in [2.75, 3.05) is 6.54 Å². The van der Waals surface area contributed by atoms with Crippen molar-refractivity contribution in [2.24, 2.45) is 11.7 Å². The van der Waals surface area contributed by atoms with Gasteiger partial charge in [-0.25, -0.2) is 4.79 Å². The zero-order chi connectivity index (χ0) is 12.1. The zero-order valence-corrected chi connectivity index (χ0v) is 7.88. The zero-order valence-electron chi connectivity index (χ0n) is 7.88. The molecule has 1 fully saturated rings. The first-order chi connectivity index (χ1) is 6.79. The number of hydrogen-bond donors (Lipinski definition) is 2. The minimum Gasteiger partial charge on any atom is -0.475 e. The van der Waals surface area contributed by atoms with Crippen molar-refractivity contribution in [3.8, 4) is 0 Å². The lowest BCUT2D eigenvalue weighted by atomic mass is 10.2. The first kappa shape index (κ1) is 13.9. The second-order valence-electron chi connectivity index (χ2n) is 3.08. The van der Waals surface area contributed by atoms with E-state index in [1.54, 1.807) is 0 Å². The highest BCUT2D eigenvalue weighted by molar-refractivity contribution is 5.83. The number of nitrogens with two attached hydrogens (primary N) is 1. The summed E-state index contributed by atoms with van der Waals surface area (Å²) in [5.74, 6) is -1.99. The Balaban J connectivity index is 0.000000265. The topological polar surface area (TPSA) is 80.4 Å². The van der Waals surface area contributed by atoms with Crippen molar-refractivity contribution in [1.29, 1.82) is 0 Å². The second kappa shape index (κ2) is 5.69. The number of carboxylic acid groups (broad SMARTS) is 1. The fourth-order valence-corrected chi connectivity index (χ4v) is 0.752. The van der Waals surface area contributed by atoms with E-state index in [0.29, 0.717) is 24.7 Å². The minimum absolute atomic E-state index is 0.368. The van der Waals surface area contributed by atoms with Gasteiger partial charge in [0.05, 0.1) is 0 Å². The SMILES string of the molecule is NCCC(=O)C1CC1.O=C(O)C(F)(F)F. The molecule has 15 heavy (non-hydrogen) atoms. The van der Waals surface area contributed by atoms with E-state index in [1.165, 1.54) is 0 Å². The number of hydrogen-bond acceptors (Lipinski definition) is 3. The molecule has 1 aliphatic rings. The molecule has 4 nitrogen and oxygen atoms in total. The van der Waals surface area contributed by atoms with Crippen molar-refractivity contribution in [3.63, 3.8) is 0 Å². The molecule has 0 aromatic heterocycles. The molecule has 1 saturated carbocycles. The molecular weight excluding hydrogens is 215 g/mol. The lowest BCUT2D eigenvalue weighted by molar-refractivity contribution is -0.192. The van der Waals surface area contributed by atoms with Crippen LogP contribution in [0.3, 0.4) is 0 Å². The third-order valence-corrected chi connectivity index (χ3v) is 1.67. The molecule has 0 spiro atoms. The van der Waals surface area contributed by atoms with Crippen LogP contribution < -0.4 is 5.73 Å². The van der Waals surface area contributed by atoms with Crippen molar-refractivity contribution < 1.29 is 27.9 Å². The Morgan fingerprint density at radius 1 is 1.33 bits per heavy atom. The molecule has 3 N–H and O–H groups in total. The van der Waals surface area contributed by atoms with E-state index in [-0.39, 0.29) is 0 Å². The molecule has 0 amide bonds. The van der Waals surface area contributed by atoms with Gasteiger partial charge in [-0.05, 0) is 19.4 Å². The Hall–Kier alpha value is -1.11. The Kier molecular flexibility index (Phi) is 5.27. The van der Waals surface area contributed by atoms with Crippen LogP contribution in [-0.2, 0) is 9.59 Å². The van der Waals surface area contributed by atoms with E-state index < -0.39 is 12.1 Å². The van der Waals surface area contributed by atoms with E-state index in [1.807, 2.05) is 0 Å². The molecule has 0 aromatic carbocycles. The molecule has 0 bridgehead atoms. The van der Waals surface area contributed by atoms with Crippen LogP contribution >= 0.6 is 0 Å². The summed E-state index contributed by atoms with van der Waals surface area (Å²) in [7, 11) is 0. The van der Waals surface area contributed by atoms with Crippen molar-refractivity contribution in [1.82, 2.24) is 0 Å². The molecule has 0 atom stereocenters. The lowest BCUT2D eigenvalue weighted by Gasteiger charge is -1.93. The van der Waals surface area contributed by atoms with E-state index in [4.69, 9.17) is 15.6 Å². The molecule has 0 aromatic rings. The first-order valence-electron chi connectivity index (χ1n) is 4.32. The maximum atomic E-state index is 10.7. The molecule has 1 aliphatic carbocycles. The Bertz CT molecular complexity index is 236. The van der Waals surface area contributed by atoms with Crippen LogP contribution in [0.5, 0.6) is 0 Å². The van der Waals surface area contributed by atoms with Gasteiger partial charge in [0, 0.05) is 12.3 Å². The summed E-state index contributed by atoms with van der Waals surface area (Å²) in [4.78, 5) is 19.6. The molecule has 0 saturated heterocycles. The fourth-order valence-electron chi connectivity index (χ4n) is 0.752. The third-order valence-electron chi connectivity index (χ3n) is 1.67. The molecule has 88 valence electrons. The number of halogens is 3. The van der Waals surface area contributed by atoms with Crippen molar-refractivity contribution in [3.05, 3.63) is 0 Å². The smallest absolute Gasteiger partial charge is 0.475 e. The number of rotatable bonds is 3. The summed E-state index contributed by atoms with van der Waals surface area (Å²) >= 11 is 0. The van der Waals surface area contributed by atoms with Crippen LogP contribution in [0, 0.1) is 5.92 Å². The number of Topliss-reactive ketones (excluding diaryl/α,β-unsaturated/α-hetero) is 1. The van der Waals surface area contributed by atoms with Crippen LogP contribution in [0.15, 0.2) is 0 Å². The number of alkyl halides is 3. The standard InChI is InChI=1S/C6H11NO.C2HF3O2/c7-4-3-6(8)5-1-2-5;3-2(4,5)1(6)7/h5H,1-4,7H2;(H,6,7). The minimum atomic E-state index is -5.08. The molecule has 1 rings (SSSR count). The predicted molar refractivity (Wildman–Crippen MR) is 45.1 cm³/mol. The average molecular weight is 227 g/mol. The van der Waals surface area contributed by atoms with E-state index >= 15 is 0 Å². The van der Waals surface area contributed by atoms with Gasteiger partial charge in [0.15, 0.2) is 0 Å². The van der Waals surface area contributed by atoms with Gasteiger partial charge in [-0.3, -0.25) is 4.79 Å². The first-order valence-corrected chi connectivity index (χ1v) is 4.32. The number of carbonyl (C=O) groups is 2. The van der Waals surface area contributed by atoms with Crippen LogP contribution in [0.1, 0.15) is 19.3 Å². The average Bonchev–Trinajstić information content (AvgIpc) is 2.85. The summed E-state index contributed by atoms with van der Waals surface area (Å²) < 4.78 is 31.7. The molecule has 7 heteroatoms.